The number of hydrogen-bond acceptors (Lipinski definition) is 2. The fourth-order valence-electron chi connectivity index (χ4n) is 4.32. The molecule has 1 atom stereocenters. The first-order valence-corrected chi connectivity index (χ1v) is 9.76. The smallest absolute Gasteiger partial charge is 0.119 e. The number of nitrogens with one attached hydrogen (secondary N) is 1. The highest BCUT2D eigenvalue weighted by molar-refractivity contribution is 5.86. The van der Waals surface area contributed by atoms with Crippen molar-refractivity contribution in [3.63, 3.8) is 0 Å². The number of H-pyrrole nitrogens is 1. The van der Waals surface area contributed by atoms with Gasteiger partial charge in [0.15, 0.2) is 0 Å². The lowest BCUT2D eigenvalue weighted by molar-refractivity contribution is 0.211. The molecule has 0 spiro atoms. The van der Waals surface area contributed by atoms with Gasteiger partial charge in [0, 0.05) is 23.1 Å². The maximum Gasteiger partial charge on any atom is 0.119 e. The van der Waals surface area contributed by atoms with E-state index in [9.17, 15) is 0 Å². The van der Waals surface area contributed by atoms with E-state index in [2.05, 4.69) is 60.1 Å². The molecule has 1 N–H and O–H groups in total. The van der Waals surface area contributed by atoms with Gasteiger partial charge in [0.2, 0.25) is 0 Å². The van der Waals surface area contributed by atoms with E-state index < -0.39 is 0 Å². The quantitative estimate of drug-likeness (QED) is 0.627. The molecule has 4 rings (SSSR count). The standard InChI is InChI=1S/C23H28N2O.ClH/c1-4-12-25-13-11-19-20-14-16(5-2)9-10-21(20)24-22(19)23(25)17-7-6-8-18(15-17)26-3;/h6-10,14-15,23-24H,4-5,11-13H2,1-3H3;1H. The molecular formula is C23H29ClN2O. The van der Waals surface area contributed by atoms with Crippen molar-refractivity contribution >= 4 is 23.3 Å². The van der Waals surface area contributed by atoms with Gasteiger partial charge >= 0.3 is 0 Å². The van der Waals surface area contributed by atoms with Crippen molar-refractivity contribution in [3.8, 4) is 5.75 Å². The molecule has 4 heteroatoms. The first kappa shape index (κ1) is 19.8. The average Bonchev–Trinajstić information content (AvgIpc) is 3.05. The van der Waals surface area contributed by atoms with Crippen LogP contribution in [0.5, 0.6) is 5.75 Å². The Hall–Kier alpha value is -1.97. The molecule has 1 aliphatic rings. The zero-order valence-electron chi connectivity index (χ0n) is 16.4. The predicted molar refractivity (Wildman–Crippen MR) is 115 cm³/mol. The van der Waals surface area contributed by atoms with E-state index in [-0.39, 0.29) is 18.4 Å². The van der Waals surface area contributed by atoms with Crippen molar-refractivity contribution in [1.82, 2.24) is 9.88 Å². The maximum atomic E-state index is 5.49. The van der Waals surface area contributed by atoms with Gasteiger partial charge in [-0.15, -0.1) is 12.4 Å². The highest BCUT2D eigenvalue weighted by Gasteiger charge is 2.31. The van der Waals surface area contributed by atoms with Gasteiger partial charge in [-0.25, -0.2) is 0 Å². The Bertz CT molecular complexity index is 918. The lowest BCUT2D eigenvalue weighted by atomic mass is 9.91. The molecule has 0 radical (unpaired) electrons. The third-order valence-corrected chi connectivity index (χ3v) is 5.62. The zero-order chi connectivity index (χ0) is 18.1. The highest BCUT2D eigenvalue weighted by Crippen LogP contribution is 2.39. The van der Waals surface area contributed by atoms with Crippen LogP contribution in [0.2, 0.25) is 0 Å². The van der Waals surface area contributed by atoms with Crippen LogP contribution in [-0.2, 0) is 12.8 Å². The summed E-state index contributed by atoms with van der Waals surface area (Å²) in [5.74, 6) is 0.926. The van der Waals surface area contributed by atoms with Crippen LogP contribution in [0.25, 0.3) is 10.9 Å². The molecule has 2 heterocycles. The van der Waals surface area contributed by atoms with Crippen LogP contribution < -0.4 is 4.74 Å². The Morgan fingerprint density at radius 2 is 2.00 bits per heavy atom. The van der Waals surface area contributed by atoms with Gasteiger partial charge in [-0.3, -0.25) is 4.90 Å². The minimum atomic E-state index is 0. The summed E-state index contributed by atoms with van der Waals surface area (Å²) in [7, 11) is 1.74. The Labute approximate surface area is 168 Å². The number of aryl methyl sites for hydroxylation is 1. The van der Waals surface area contributed by atoms with Crippen LogP contribution in [0.4, 0.5) is 0 Å². The molecular weight excluding hydrogens is 356 g/mol. The van der Waals surface area contributed by atoms with Crippen LogP contribution in [-0.4, -0.2) is 30.1 Å². The zero-order valence-corrected chi connectivity index (χ0v) is 17.2. The van der Waals surface area contributed by atoms with Crippen molar-refractivity contribution in [2.24, 2.45) is 0 Å². The number of rotatable bonds is 5. The van der Waals surface area contributed by atoms with Crippen LogP contribution in [0.15, 0.2) is 42.5 Å². The number of methoxy groups -OCH3 is 1. The first-order valence-electron chi connectivity index (χ1n) is 9.76. The number of ether oxygens (including phenoxy) is 1. The molecule has 0 bridgehead atoms. The summed E-state index contributed by atoms with van der Waals surface area (Å²) in [5, 5.41) is 1.41. The third kappa shape index (κ3) is 3.59. The largest absolute Gasteiger partial charge is 0.497 e. The Kier molecular flexibility index (Phi) is 6.13. The second-order valence-electron chi connectivity index (χ2n) is 7.22. The van der Waals surface area contributed by atoms with Crippen molar-refractivity contribution in [3.05, 3.63) is 64.8 Å². The minimum Gasteiger partial charge on any atom is -0.497 e. The normalized spacial score (nSPS) is 16.8. The van der Waals surface area contributed by atoms with Crippen molar-refractivity contribution in [1.29, 1.82) is 0 Å². The van der Waals surface area contributed by atoms with E-state index in [1.807, 2.05) is 6.07 Å². The number of nitrogens with zero attached hydrogens (tertiary/aromatic N) is 1. The van der Waals surface area contributed by atoms with Crippen LogP contribution in [0, 0.1) is 0 Å². The molecule has 3 nitrogen and oxygen atoms in total. The van der Waals surface area contributed by atoms with Crippen LogP contribution >= 0.6 is 12.4 Å². The topological polar surface area (TPSA) is 28.3 Å². The summed E-state index contributed by atoms with van der Waals surface area (Å²) in [6.07, 6.45) is 3.36. The van der Waals surface area contributed by atoms with Crippen molar-refractivity contribution in [2.45, 2.75) is 39.2 Å². The number of aromatic amines is 1. The molecule has 2 aromatic carbocycles. The second-order valence-corrected chi connectivity index (χ2v) is 7.22. The molecule has 1 aromatic heterocycles. The van der Waals surface area contributed by atoms with E-state index in [0.29, 0.717) is 0 Å². The fraction of sp³-hybridized carbons (Fsp3) is 0.391. The number of benzene rings is 2. The summed E-state index contributed by atoms with van der Waals surface area (Å²) in [4.78, 5) is 6.36. The Morgan fingerprint density at radius 1 is 1.15 bits per heavy atom. The van der Waals surface area contributed by atoms with Crippen LogP contribution in [0.1, 0.15) is 48.7 Å². The molecule has 3 aromatic rings. The van der Waals surface area contributed by atoms with Gasteiger partial charge in [-0.2, -0.15) is 0 Å². The van der Waals surface area contributed by atoms with E-state index in [0.717, 1.165) is 38.1 Å². The van der Waals surface area contributed by atoms with Gasteiger partial charge in [0.1, 0.15) is 5.75 Å². The Morgan fingerprint density at radius 3 is 2.74 bits per heavy atom. The summed E-state index contributed by atoms with van der Waals surface area (Å²) in [6.45, 7) is 6.70. The SMILES string of the molecule is CCCN1CCc2c([nH]c3ccc(CC)cc23)C1c1cccc(OC)c1.Cl. The number of hydrogen-bond donors (Lipinski definition) is 1. The summed E-state index contributed by atoms with van der Waals surface area (Å²) in [6, 6.07) is 15.7. The minimum absolute atomic E-state index is 0. The second kappa shape index (κ2) is 8.37. The molecule has 0 fully saturated rings. The van der Waals surface area contributed by atoms with E-state index >= 15 is 0 Å². The lowest BCUT2D eigenvalue weighted by Gasteiger charge is -2.36. The van der Waals surface area contributed by atoms with Gasteiger partial charge in [0.05, 0.1) is 13.2 Å². The fourth-order valence-corrected chi connectivity index (χ4v) is 4.32. The molecule has 1 unspecified atom stereocenters. The first-order chi connectivity index (χ1) is 12.7. The molecule has 0 saturated carbocycles. The summed E-state index contributed by atoms with van der Waals surface area (Å²) < 4.78 is 5.49. The predicted octanol–water partition coefficient (Wildman–Crippen LogP) is 5.52. The van der Waals surface area contributed by atoms with Gasteiger partial charge in [-0.1, -0.05) is 32.0 Å². The summed E-state index contributed by atoms with van der Waals surface area (Å²) >= 11 is 0. The molecule has 0 aliphatic carbocycles. The molecule has 144 valence electrons. The van der Waals surface area contributed by atoms with Gasteiger partial charge in [-0.05, 0) is 66.8 Å². The van der Waals surface area contributed by atoms with Crippen LogP contribution in [0.3, 0.4) is 0 Å². The molecule has 0 saturated heterocycles. The Balaban J connectivity index is 0.00000210. The molecule has 1 aliphatic heterocycles. The number of fused-ring (bicyclic) bond motifs is 3. The molecule has 27 heavy (non-hydrogen) atoms. The maximum absolute atomic E-state index is 5.49. The monoisotopic (exact) mass is 384 g/mol. The van der Waals surface area contributed by atoms with E-state index in [4.69, 9.17) is 4.74 Å². The third-order valence-electron chi connectivity index (χ3n) is 5.62. The van der Waals surface area contributed by atoms with Crippen molar-refractivity contribution in [2.75, 3.05) is 20.2 Å². The summed E-state index contributed by atoms with van der Waals surface area (Å²) in [5.41, 5.74) is 6.84. The van der Waals surface area contributed by atoms with E-state index in [1.165, 1.54) is 33.3 Å². The molecule has 0 amide bonds. The van der Waals surface area contributed by atoms with Gasteiger partial charge < -0.3 is 9.72 Å². The van der Waals surface area contributed by atoms with Crippen molar-refractivity contribution < 1.29 is 4.74 Å². The number of aromatic nitrogens is 1. The van der Waals surface area contributed by atoms with E-state index in [1.54, 1.807) is 7.11 Å². The van der Waals surface area contributed by atoms with Gasteiger partial charge in [0.25, 0.3) is 0 Å². The highest BCUT2D eigenvalue weighted by atomic mass is 35.5. The lowest BCUT2D eigenvalue weighted by Crippen LogP contribution is -2.36. The average molecular weight is 385 g/mol. The number of halogens is 1.